The standard InChI is InChI=1S/C15H32N2O/c1-5-15(6-2)7-8-17(12-15)11-14(18)10-16-9-13(3)4/h13-14,16,18H,5-12H2,1-4H3. The van der Waals surface area contributed by atoms with Gasteiger partial charge in [-0.15, -0.1) is 0 Å². The van der Waals surface area contributed by atoms with Crippen molar-refractivity contribution in [2.24, 2.45) is 11.3 Å². The molecule has 0 radical (unpaired) electrons. The lowest BCUT2D eigenvalue weighted by atomic mass is 9.82. The maximum absolute atomic E-state index is 10.0. The highest BCUT2D eigenvalue weighted by Crippen LogP contribution is 2.36. The molecule has 0 bridgehead atoms. The molecule has 0 spiro atoms. The predicted octanol–water partition coefficient (Wildman–Crippen LogP) is 2.10. The van der Waals surface area contributed by atoms with E-state index in [2.05, 4.69) is 37.9 Å². The Bertz CT molecular complexity index is 227. The molecule has 2 N–H and O–H groups in total. The molecule has 1 aliphatic heterocycles. The van der Waals surface area contributed by atoms with Crippen LogP contribution in [0.2, 0.25) is 0 Å². The third-order valence-corrected chi connectivity index (χ3v) is 4.42. The lowest BCUT2D eigenvalue weighted by molar-refractivity contribution is 0.114. The van der Waals surface area contributed by atoms with E-state index in [1.165, 1.54) is 25.8 Å². The fourth-order valence-corrected chi connectivity index (χ4v) is 2.91. The number of rotatable bonds is 8. The highest BCUT2D eigenvalue weighted by molar-refractivity contribution is 4.88. The molecule has 0 amide bonds. The summed E-state index contributed by atoms with van der Waals surface area (Å²) in [6.07, 6.45) is 3.60. The molecule has 1 fully saturated rings. The Labute approximate surface area is 113 Å². The van der Waals surface area contributed by atoms with Crippen LogP contribution >= 0.6 is 0 Å². The molecule has 0 aromatic rings. The fraction of sp³-hybridized carbons (Fsp3) is 1.00. The van der Waals surface area contributed by atoms with Crippen molar-refractivity contribution in [1.82, 2.24) is 10.2 Å². The molecular weight excluding hydrogens is 224 g/mol. The third kappa shape index (κ3) is 4.87. The molecule has 1 rings (SSSR count). The van der Waals surface area contributed by atoms with E-state index < -0.39 is 0 Å². The maximum Gasteiger partial charge on any atom is 0.0791 e. The zero-order valence-corrected chi connectivity index (χ0v) is 12.7. The number of nitrogens with zero attached hydrogens (tertiary/aromatic N) is 1. The van der Waals surface area contributed by atoms with Gasteiger partial charge in [0.1, 0.15) is 0 Å². The van der Waals surface area contributed by atoms with E-state index in [9.17, 15) is 5.11 Å². The first kappa shape index (κ1) is 15.9. The largest absolute Gasteiger partial charge is 0.390 e. The minimum absolute atomic E-state index is 0.228. The summed E-state index contributed by atoms with van der Waals surface area (Å²) in [6, 6.07) is 0. The molecule has 1 unspecified atom stereocenters. The number of likely N-dealkylation sites (tertiary alicyclic amines) is 1. The van der Waals surface area contributed by atoms with Gasteiger partial charge < -0.3 is 15.3 Å². The molecule has 1 heterocycles. The van der Waals surface area contributed by atoms with E-state index in [0.29, 0.717) is 11.3 Å². The van der Waals surface area contributed by atoms with Gasteiger partial charge in [-0.3, -0.25) is 0 Å². The van der Waals surface area contributed by atoms with Crippen molar-refractivity contribution in [1.29, 1.82) is 0 Å². The van der Waals surface area contributed by atoms with Crippen LogP contribution in [-0.2, 0) is 0 Å². The molecule has 0 saturated carbocycles. The van der Waals surface area contributed by atoms with Crippen LogP contribution in [0.1, 0.15) is 47.0 Å². The van der Waals surface area contributed by atoms with Gasteiger partial charge in [-0.2, -0.15) is 0 Å². The van der Waals surface area contributed by atoms with Crippen molar-refractivity contribution >= 4 is 0 Å². The fourth-order valence-electron chi connectivity index (χ4n) is 2.91. The Balaban J connectivity index is 2.23. The van der Waals surface area contributed by atoms with Gasteiger partial charge in [0.25, 0.3) is 0 Å². The quantitative estimate of drug-likeness (QED) is 0.698. The van der Waals surface area contributed by atoms with Crippen LogP contribution in [0, 0.1) is 11.3 Å². The first-order valence-corrected chi connectivity index (χ1v) is 7.62. The third-order valence-electron chi connectivity index (χ3n) is 4.42. The highest BCUT2D eigenvalue weighted by atomic mass is 16.3. The minimum Gasteiger partial charge on any atom is -0.390 e. The van der Waals surface area contributed by atoms with Crippen molar-refractivity contribution in [2.75, 3.05) is 32.7 Å². The maximum atomic E-state index is 10.0. The molecule has 1 saturated heterocycles. The number of aliphatic hydroxyl groups is 1. The Morgan fingerprint density at radius 1 is 1.22 bits per heavy atom. The van der Waals surface area contributed by atoms with Crippen molar-refractivity contribution < 1.29 is 5.11 Å². The van der Waals surface area contributed by atoms with Gasteiger partial charge in [0, 0.05) is 19.6 Å². The van der Waals surface area contributed by atoms with Crippen molar-refractivity contribution in [3.63, 3.8) is 0 Å². The molecule has 1 atom stereocenters. The van der Waals surface area contributed by atoms with Crippen LogP contribution in [0.15, 0.2) is 0 Å². The average molecular weight is 256 g/mol. The summed E-state index contributed by atoms with van der Waals surface area (Å²) >= 11 is 0. The predicted molar refractivity (Wildman–Crippen MR) is 77.8 cm³/mol. The summed E-state index contributed by atoms with van der Waals surface area (Å²) in [5.74, 6) is 0.650. The summed E-state index contributed by atoms with van der Waals surface area (Å²) < 4.78 is 0. The minimum atomic E-state index is -0.228. The molecule has 108 valence electrons. The van der Waals surface area contributed by atoms with E-state index in [1.807, 2.05) is 0 Å². The summed E-state index contributed by atoms with van der Waals surface area (Å²) in [6.45, 7) is 13.8. The van der Waals surface area contributed by atoms with E-state index in [4.69, 9.17) is 0 Å². The summed E-state index contributed by atoms with van der Waals surface area (Å²) in [5.41, 5.74) is 0.519. The normalized spacial score (nSPS) is 21.7. The zero-order chi connectivity index (χ0) is 13.6. The molecule has 0 aromatic carbocycles. The van der Waals surface area contributed by atoms with Crippen molar-refractivity contribution in [3.05, 3.63) is 0 Å². The number of hydrogen-bond donors (Lipinski definition) is 2. The van der Waals surface area contributed by atoms with Gasteiger partial charge in [-0.05, 0) is 43.7 Å². The van der Waals surface area contributed by atoms with Gasteiger partial charge in [-0.25, -0.2) is 0 Å². The van der Waals surface area contributed by atoms with Gasteiger partial charge in [-0.1, -0.05) is 27.7 Å². The number of aliphatic hydroxyl groups excluding tert-OH is 1. The van der Waals surface area contributed by atoms with Crippen LogP contribution in [-0.4, -0.2) is 48.8 Å². The molecule has 3 nitrogen and oxygen atoms in total. The van der Waals surface area contributed by atoms with Crippen LogP contribution in [0.4, 0.5) is 0 Å². The first-order chi connectivity index (χ1) is 8.51. The van der Waals surface area contributed by atoms with E-state index >= 15 is 0 Å². The van der Waals surface area contributed by atoms with Crippen LogP contribution in [0.5, 0.6) is 0 Å². The van der Waals surface area contributed by atoms with Gasteiger partial charge in [0.05, 0.1) is 6.10 Å². The molecule has 0 aromatic heterocycles. The Hall–Kier alpha value is -0.120. The second-order valence-electron chi connectivity index (χ2n) is 6.40. The van der Waals surface area contributed by atoms with E-state index in [0.717, 1.165) is 26.2 Å². The molecule has 0 aliphatic carbocycles. The Morgan fingerprint density at radius 3 is 2.39 bits per heavy atom. The number of hydrogen-bond acceptors (Lipinski definition) is 3. The van der Waals surface area contributed by atoms with Crippen LogP contribution < -0.4 is 5.32 Å². The lowest BCUT2D eigenvalue weighted by Crippen LogP contribution is -2.39. The SMILES string of the molecule is CCC1(CC)CCN(CC(O)CNCC(C)C)C1. The van der Waals surface area contributed by atoms with Crippen LogP contribution in [0.25, 0.3) is 0 Å². The monoisotopic (exact) mass is 256 g/mol. The molecule has 3 heteroatoms. The molecule has 1 aliphatic rings. The number of nitrogens with one attached hydrogen (secondary N) is 1. The second-order valence-corrected chi connectivity index (χ2v) is 6.40. The molecular formula is C15H32N2O. The van der Waals surface area contributed by atoms with Gasteiger partial charge in [0.2, 0.25) is 0 Å². The Kier molecular flexibility index (Phi) is 6.61. The number of β-amino-alcohol motifs (C(OH)–C–C–N with tert-alkyl or cyclic N) is 1. The summed E-state index contributed by atoms with van der Waals surface area (Å²) in [5, 5.41) is 13.4. The molecule has 18 heavy (non-hydrogen) atoms. The second kappa shape index (κ2) is 7.46. The smallest absolute Gasteiger partial charge is 0.0791 e. The zero-order valence-electron chi connectivity index (χ0n) is 12.7. The van der Waals surface area contributed by atoms with Gasteiger partial charge in [0.15, 0.2) is 0 Å². The van der Waals surface area contributed by atoms with E-state index in [1.54, 1.807) is 0 Å². The first-order valence-electron chi connectivity index (χ1n) is 7.62. The summed E-state index contributed by atoms with van der Waals surface area (Å²) in [7, 11) is 0. The van der Waals surface area contributed by atoms with Crippen LogP contribution in [0.3, 0.4) is 0 Å². The lowest BCUT2D eigenvalue weighted by Gasteiger charge is -2.27. The van der Waals surface area contributed by atoms with Gasteiger partial charge >= 0.3 is 0 Å². The Morgan fingerprint density at radius 2 is 1.89 bits per heavy atom. The van der Waals surface area contributed by atoms with Crippen molar-refractivity contribution in [3.8, 4) is 0 Å². The summed E-state index contributed by atoms with van der Waals surface area (Å²) in [4.78, 5) is 2.44. The van der Waals surface area contributed by atoms with E-state index in [-0.39, 0.29) is 6.10 Å². The topological polar surface area (TPSA) is 35.5 Å². The highest BCUT2D eigenvalue weighted by Gasteiger charge is 2.35. The van der Waals surface area contributed by atoms with Crippen molar-refractivity contribution in [2.45, 2.75) is 53.1 Å². The average Bonchev–Trinajstić information content (AvgIpc) is 2.72.